The average Bonchev–Trinajstić information content (AvgIpc) is 2.96. The SMILES string of the molecule is CC1CCc2c(CC3(N)CC3)cccc2O1. The molecule has 0 aromatic heterocycles. The molecule has 1 aromatic rings. The van der Waals surface area contributed by atoms with Gasteiger partial charge in [-0.15, -0.1) is 0 Å². The molecule has 1 atom stereocenters. The third kappa shape index (κ3) is 1.82. The molecule has 2 nitrogen and oxygen atoms in total. The fourth-order valence-electron chi connectivity index (χ4n) is 2.51. The van der Waals surface area contributed by atoms with E-state index in [-0.39, 0.29) is 5.54 Å². The minimum atomic E-state index is 0.0954. The van der Waals surface area contributed by atoms with Gasteiger partial charge in [0.1, 0.15) is 5.75 Å². The average molecular weight is 217 g/mol. The number of rotatable bonds is 2. The second kappa shape index (κ2) is 3.49. The molecule has 0 saturated heterocycles. The molecule has 1 aliphatic heterocycles. The van der Waals surface area contributed by atoms with Gasteiger partial charge in [-0.05, 0) is 56.2 Å². The van der Waals surface area contributed by atoms with E-state index in [0.717, 1.165) is 25.0 Å². The second-order valence-corrected chi connectivity index (χ2v) is 5.40. The lowest BCUT2D eigenvalue weighted by Gasteiger charge is -2.26. The van der Waals surface area contributed by atoms with Crippen LogP contribution in [-0.4, -0.2) is 11.6 Å². The van der Waals surface area contributed by atoms with Crippen molar-refractivity contribution in [2.24, 2.45) is 5.73 Å². The highest BCUT2D eigenvalue weighted by atomic mass is 16.5. The fraction of sp³-hybridized carbons (Fsp3) is 0.571. The Morgan fingerprint density at radius 3 is 3.00 bits per heavy atom. The summed E-state index contributed by atoms with van der Waals surface area (Å²) < 4.78 is 5.87. The van der Waals surface area contributed by atoms with Gasteiger partial charge in [-0.2, -0.15) is 0 Å². The van der Waals surface area contributed by atoms with Crippen molar-refractivity contribution in [2.75, 3.05) is 0 Å². The molecule has 3 rings (SSSR count). The molecule has 2 aliphatic rings. The first-order valence-electron chi connectivity index (χ1n) is 6.23. The van der Waals surface area contributed by atoms with Crippen LogP contribution in [0.15, 0.2) is 18.2 Å². The largest absolute Gasteiger partial charge is 0.490 e. The van der Waals surface area contributed by atoms with Crippen LogP contribution in [0, 0.1) is 0 Å². The first-order valence-corrected chi connectivity index (χ1v) is 6.23. The monoisotopic (exact) mass is 217 g/mol. The van der Waals surface area contributed by atoms with E-state index in [1.165, 1.54) is 24.0 Å². The zero-order valence-corrected chi connectivity index (χ0v) is 9.83. The highest BCUT2D eigenvalue weighted by Crippen LogP contribution is 2.39. The van der Waals surface area contributed by atoms with Crippen LogP contribution in [0.25, 0.3) is 0 Å². The van der Waals surface area contributed by atoms with Crippen molar-refractivity contribution in [1.82, 2.24) is 0 Å². The van der Waals surface area contributed by atoms with Gasteiger partial charge in [0, 0.05) is 5.54 Å². The number of benzene rings is 1. The Labute approximate surface area is 96.8 Å². The summed E-state index contributed by atoms with van der Waals surface area (Å²) in [5.74, 6) is 1.08. The maximum Gasteiger partial charge on any atom is 0.123 e. The quantitative estimate of drug-likeness (QED) is 0.825. The lowest BCUT2D eigenvalue weighted by atomic mass is 9.93. The van der Waals surface area contributed by atoms with Crippen molar-refractivity contribution < 1.29 is 4.74 Å². The molecule has 0 spiro atoms. The number of ether oxygens (including phenoxy) is 1. The van der Waals surface area contributed by atoms with Crippen molar-refractivity contribution in [3.63, 3.8) is 0 Å². The molecule has 16 heavy (non-hydrogen) atoms. The molecule has 2 heteroatoms. The van der Waals surface area contributed by atoms with Gasteiger partial charge in [-0.3, -0.25) is 0 Å². The lowest BCUT2D eigenvalue weighted by molar-refractivity contribution is 0.192. The van der Waals surface area contributed by atoms with Gasteiger partial charge in [-0.25, -0.2) is 0 Å². The minimum absolute atomic E-state index is 0.0954. The van der Waals surface area contributed by atoms with Crippen LogP contribution in [0.1, 0.15) is 37.3 Å². The molecule has 1 aromatic carbocycles. The van der Waals surface area contributed by atoms with Crippen molar-refractivity contribution >= 4 is 0 Å². The number of hydrogen-bond donors (Lipinski definition) is 1. The van der Waals surface area contributed by atoms with Crippen LogP contribution in [0.3, 0.4) is 0 Å². The van der Waals surface area contributed by atoms with E-state index in [1.807, 2.05) is 0 Å². The summed E-state index contributed by atoms with van der Waals surface area (Å²) in [6, 6.07) is 6.40. The first kappa shape index (κ1) is 10.2. The van der Waals surface area contributed by atoms with E-state index in [0.29, 0.717) is 6.10 Å². The molecule has 0 radical (unpaired) electrons. The van der Waals surface area contributed by atoms with Crippen molar-refractivity contribution in [2.45, 2.75) is 50.7 Å². The van der Waals surface area contributed by atoms with Gasteiger partial charge in [0.15, 0.2) is 0 Å². The highest BCUT2D eigenvalue weighted by molar-refractivity contribution is 5.43. The van der Waals surface area contributed by atoms with Crippen LogP contribution >= 0.6 is 0 Å². The van der Waals surface area contributed by atoms with E-state index >= 15 is 0 Å². The third-order valence-corrected chi connectivity index (χ3v) is 3.79. The molecule has 1 heterocycles. The zero-order chi connectivity index (χ0) is 11.2. The van der Waals surface area contributed by atoms with Gasteiger partial charge >= 0.3 is 0 Å². The zero-order valence-electron chi connectivity index (χ0n) is 9.83. The van der Waals surface area contributed by atoms with E-state index in [9.17, 15) is 0 Å². The summed E-state index contributed by atoms with van der Waals surface area (Å²) >= 11 is 0. The molecule has 1 unspecified atom stereocenters. The minimum Gasteiger partial charge on any atom is -0.490 e. The molecule has 1 saturated carbocycles. The predicted octanol–water partition coefficient (Wildman–Crippen LogP) is 2.43. The molecule has 0 amide bonds. The molecule has 0 bridgehead atoms. The Hall–Kier alpha value is -1.02. The maximum atomic E-state index is 6.20. The van der Waals surface area contributed by atoms with Gasteiger partial charge in [0.25, 0.3) is 0 Å². The van der Waals surface area contributed by atoms with Crippen LogP contribution < -0.4 is 10.5 Å². The molecular weight excluding hydrogens is 198 g/mol. The van der Waals surface area contributed by atoms with E-state index in [4.69, 9.17) is 10.5 Å². The third-order valence-electron chi connectivity index (χ3n) is 3.79. The smallest absolute Gasteiger partial charge is 0.123 e. The lowest BCUT2D eigenvalue weighted by Crippen LogP contribution is -2.26. The van der Waals surface area contributed by atoms with Crippen LogP contribution in [-0.2, 0) is 12.8 Å². The predicted molar refractivity (Wildman–Crippen MR) is 64.7 cm³/mol. The second-order valence-electron chi connectivity index (χ2n) is 5.40. The van der Waals surface area contributed by atoms with Crippen LogP contribution in [0.2, 0.25) is 0 Å². The van der Waals surface area contributed by atoms with Gasteiger partial charge < -0.3 is 10.5 Å². The number of hydrogen-bond acceptors (Lipinski definition) is 2. The van der Waals surface area contributed by atoms with E-state index in [2.05, 4.69) is 25.1 Å². The van der Waals surface area contributed by atoms with Crippen molar-refractivity contribution in [3.05, 3.63) is 29.3 Å². The molecule has 1 aliphatic carbocycles. The molecule has 1 fully saturated rings. The standard InChI is InChI=1S/C14H19NO/c1-10-5-6-12-11(9-14(15)7-8-14)3-2-4-13(12)16-10/h2-4,10H,5-9,15H2,1H3. The molecule has 2 N–H and O–H groups in total. The number of fused-ring (bicyclic) bond motifs is 1. The van der Waals surface area contributed by atoms with Crippen molar-refractivity contribution in [3.8, 4) is 5.75 Å². The Kier molecular flexibility index (Phi) is 2.21. The highest BCUT2D eigenvalue weighted by Gasteiger charge is 2.38. The van der Waals surface area contributed by atoms with Crippen LogP contribution in [0.5, 0.6) is 5.75 Å². The maximum absolute atomic E-state index is 6.20. The Morgan fingerprint density at radius 1 is 1.44 bits per heavy atom. The van der Waals surface area contributed by atoms with Gasteiger partial charge in [-0.1, -0.05) is 12.1 Å². The van der Waals surface area contributed by atoms with Crippen molar-refractivity contribution in [1.29, 1.82) is 0 Å². The Morgan fingerprint density at radius 2 is 2.25 bits per heavy atom. The number of nitrogens with two attached hydrogens (primary N) is 1. The van der Waals surface area contributed by atoms with E-state index < -0.39 is 0 Å². The van der Waals surface area contributed by atoms with Gasteiger partial charge in [0.2, 0.25) is 0 Å². The topological polar surface area (TPSA) is 35.2 Å². The van der Waals surface area contributed by atoms with Crippen LogP contribution in [0.4, 0.5) is 0 Å². The van der Waals surface area contributed by atoms with Gasteiger partial charge in [0.05, 0.1) is 6.10 Å². The summed E-state index contributed by atoms with van der Waals surface area (Å²) in [5.41, 5.74) is 9.10. The fourth-order valence-corrected chi connectivity index (χ4v) is 2.51. The Bertz CT molecular complexity index is 409. The summed E-state index contributed by atoms with van der Waals surface area (Å²) in [6.07, 6.45) is 6.00. The molecule has 86 valence electrons. The van der Waals surface area contributed by atoms with E-state index in [1.54, 1.807) is 0 Å². The summed E-state index contributed by atoms with van der Waals surface area (Å²) in [7, 11) is 0. The summed E-state index contributed by atoms with van der Waals surface area (Å²) in [4.78, 5) is 0. The Balaban J connectivity index is 1.91. The first-order chi connectivity index (χ1) is 7.66. The molecular formula is C14H19NO. The summed E-state index contributed by atoms with van der Waals surface area (Å²) in [5, 5.41) is 0. The summed E-state index contributed by atoms with van der Waals surface area (Å²) in [6.45, 7) is 2.14. The normalized spacial score (nSPS) is 25.8.